The molecule has 0 aliphatic carbocycles. The van der Waals surface area contributed by atoms with Crippen molar-refractivity contribution in [2.45, 2.75) is 33.1 Å². The van der Waals surface area contributed by atoms with Crippen LogP contribution >= 0.6 is 0 Å². The Labute approximate surface area is 199 Å². The average Bonchev–Trinajstić information content (AvgIpc) is 2.79. The molecule has 0 aliphatic rings. The zero-order valence-electron chi connectivity index (χ0n) is 19.3. The molecule has 0 spiro atoms. The van der Waals surface area contributed by atoms with Crippen LogP contribution in [0.4, 0.5) is 11.4 Å². The Morgan fingerprint density at radius 3 is 2.09 bits per heavy atom. The molecule has 0 saturated carbocycles. The summed E-state index contributed by atoms with van der Waals surface area (Å²) < 4.78 is 10.8. The minimum absolute atomic E-state index is 0.0500. The fourth-order valence-electron chi connectivity index (χ4n) is 3.18. The number of carbonyl (C=O) groups is 3. The molecule has 176 valence electrons. The van der Waals surface area contributed by atoms with E-state index in [2.05, 4.69) is 10.6 Å². The van der Waals surface area contributed by atoms with Crippen LogP contribution in [0.2, 0.25) is 0 Å². The molecule has 0 aliphatic heterocycles. The third-order valence-corrected chi connectivity index (χ3v) is 4.81. The van der Waals surface area contributed by atoms with Crippen molar-refractivity contribution >= 4 is 29.2 Å². The van der Waals surface area contributed by atoms with Crippen molar-refractivity contribution in [2.75, 3.05) is 17.2 Å². The summed E-state index contributed by atoms with van der Waals surface area (Å²) in [4.78, 5) is 35.9. The van der Waals surface area contributed by atoms with E-state index < -0.39 is 11.9 Å². The Hall–Kier alpha value is -4.13. The van der Waals surface area contributed by atoms with E-state index in [1.807, 2.05) is 56.3 Å². The number of aryl methyl sites for hydroxylation is 2. The lowest BCUT2D eigenvalue weighted by Gasteiger charge is -2.09. The van der Waals surface area contributed by atoms with Crippen molar-refractivity contribution in [3.05, 3.63) is 83.9 Å². The Kier molecular flexibility index (Phi) is 8.80. The van der Waals surface area contributed by atoms with Crippen LogP contribution in [0.1, 0.15) is 30.4 Å². The highest BCUT2D eigenvalue weighted by Gasteiger charge is 2.10. The van der Waals surface area contributed by atoms with Crippen LogP contribution in [0.5, 0.6) is 11.5 Å². The molecule has 0 saturated heterocycles. The van der Waals surface area contributed by atoms with E-state index in [4.69, 9.17) is 9.47 Å². The number of nitrogens with one attached hydrogen (secondary N) is 2. The van der Waals surface area contributed by atoms with E-state index in [1.54, 1.807) is 30.3 Å². The van der Waals surface area contributed by atoms with Gasteiger partial charge in [-0.25, -0.2) is 0 Å². The van der Waals surface area contributed by atoms with Gasteiger partial charge in [0.2, 0.25) is 5.91 Å². The summed E-state index contributed by atoms with van der Waals surface area (Å²) in [5.74, 6) is 0.266. The topological polar surface area (TPSA) is 93.7 Å². The first-order chi connectivity index (χ1) is 16.4. The maximum atomic E-state index is 12.1. The molecule has 7 nitrogen and oxygen atoms in total. The molecule has 7 heteroatoms. The highest BCUT2D eigenvalue weighted by atomic mass is 16.5. The summed E-state index contributed by atoms with van der Waals surface area (Å²) in [5, 5.41) is 5.46. The third kappa shape index (κ3) is 8.43. The molecule has 0 bridgehead atoms. The highest BCUT2D eigenvalue weighted by Crippen LogP contribution is 2.23. The van der Waals surface area contributed by atoms with E-state index in [0.717, 1.165) is 16.9 Å². The summed E-state index contributed by atoms with van der Waals surface area (Å²) in [6, 6.07) is 22.1. The zero-order chi connectivity index (χ0) is 24.3. The smallest absolute Gasteiger partial charge is 0.306 e. The number of amides is 2. The van der Waals surface area contributed by atoms with Crippen molar-refractivity contribution in [2.24, 2.45) is 0 Å². The van der Waals surface area contributed by atoms with Gasteiger partial charge in [-0.15, -0.1) is 0 Å². The average molecular weight is 461 g/mol. The van der Waals surface area contributed by atoms with Gasteiger partial charge in [0, 0.05) is 24.2 Å². The van der Waals surface area contributed by atoms with E-state index in [9.17, 15) is 14.4 Å². The zero-order valence-corrected chi connectivity index (χ0v) is 19.3. The Balaban J connectivity index is 1.33. The third-order valence-electron chi connectivity index (χ3n) is 4.81. The quantitative estimate of drug-likeness (QED) is 0.396. The second-order valence-corrected chi connectivity index (χ2v) is 7.92. The molecule has 0 aromatic heterocycles. The standard InChI is InChI=1S/C27H28N2O5/c1-19-6-3-8-22(16-19)29-26(31)18-33-27(32)11-5-10-25(30)28-21-12-14-23(15-13-21)34-24-9-4-7-20(2)17-24/h3-4,6-9,12-17H,5,10-11,18H2,1-2H3,(H,28,30)(H,29,31). The fraction of sp³-hybridized carbons (Fsp3) is 0.222. The molecule has 0 fully saturated rings. The molecule has 0 unspecified atom stereocenters. The molecule has 0 heterocycles. The van der Waals surface area contributed by atoms with Gasteiger partial charge in [0.15, 0.2) is 6.61 Å². The number of carbonyl (C=O) groups excluding carboxylic acids is 3. The maximum absolute atomic E-state index is 12.1. The van der Waals surface area contributed by atoms with Crippen LogP contribution in [0.15, 0.2) is 72.8 Å². The molecule has 0 atom stereocenters. The summed E-state index contributed by atoms with van der Waals surface area (Å²) in [5.41, 5.74) is 3.40. The number of benzene rings is 3. The molecule has 2 N–H and O–H groups in total. The summed E-state index contributed by atoms with van der Waals surface area (Å²) in [6.45, 7) is 3.55. The number of rotatable bonds is 10. The van der Waals surface area contributed by atoms with Gasteiger partial charge in [0.05, 0.1) is 0 Å². The number of hydrogen-bond acceptors (Lipinski definition) is 5. The number of ether oxygens (including phenoxy) is 2. The van der Waals surface area contributed by atoms with E-state index in [-0.39, 0.29) is 25.4 Å². The van der Waals surface area contributed by atoms with Crippen molar-refractivity contribution < 1.29 is 23.9 Å². The highest BCUT2D eigenvalue weighted by molar-refractivity contribution is 5.93. The van der Waals surface area contributed by atoms with Gasteiger partial charge in [0.25, 0.3) is 5.91 Å². The normalized spacial score (nSPS) is 10.3. The largest absolute Gasteiger partial charge is 0.457 e. The number of esters is 1. The van der Waals surface area contributed by atoms with E-state index in [1.165, 1.54) is 0 Å². The van der Waals surface area contributed by atoms with Crippen LogP contribution in [0.25, 0.3) is 0 Å². The molecule has 3 rings (SSSR count). The van der Waals surface area contributed by atoms with E-state index in [0.29, 0.717) is 23.5 Å². The summed E-state index contributed by atoms with van der Waals surface area (Å²) >= 11 is 0. The molecule has 0 radical (unpaired) electrons. The lowest BCUT2D eigenvalue weighted by Crippen LogP contribution is -2.21. The molecule has 3 aromatic carbocycles. The lowest BCUT2D eigenvalue weighted by atomic mass is 10.2. The lowest BCUT2D eigenvalue weighted by molar-refractivity contribution is -0.147. The second-order valence-electron chi connectivity index (χ2n) is 7.92. The second kappa shape index (κ2) is 12.2. The predicted octanol–water partition coefficient (Wildman–Crippen LogP) is 5.39. The monoisotopic (exact) mass is 460 g/mol. The van der Waals surface area contributed by atoms with E-state index >= 15 is 0 Å². The summed E-state index contributed by atoms with van der Waals surface area (Å²) in [7, 11) is 0. The molecule has 2 amide bonds. The van der Waals surface area contributed by atoms with Crippen molar-refractivity contribution in [1.82, 2.24) is 0 Å². The van der Waals surface area contributed by atoms with Gasteiger partial charge in [-0.05, 0) is 79.9 Å². The molecular formula is C27H28N2O5. The minimum Gasteiger partial charge on any atom is -0.457 e. The van der Waals surface area contributed by atoms with Crippen LogP contribution in [-0.2, 0) is 19.1 Å². The van der Waals surface area contributed by atoms with Crippen LogP contribution in [-0.4, -0.2) is 24.4 Å². The fourth-order valence-corrected chi connectivity index (χ4v) is 3.18. The molecule has 34 heavy (non-hydrogen) atoms. The molecule has 3 aromatic rings. The Morgan fingerprint density at radius 1 is 0.706 bits per heavy atom. The van der Waals surface area contributed by atoms with Crippen molar-refractivity contribution in [1.29, 1.82) is 0 Å². The maximum Gasteiger partial charge on any atom is 0.306 e. The first-order valence-electron chi connectivity index (χ1n) is 11.0. The predicted molar refractivity (Wildman–Crippen MR) is 131 cm³/mol. The van der Waals surface area contributed by atoms with Crippen LogP contribution in [0, 0.1) is 13.8 Å². The SMILES string of the molecule is Cc1cccc(NC(=O)COC(=O)CCCC(=O)Nc2ccc(Oc3cccc(C)c3)cc2)c1. The minimum atomic E-state index is -0.523. The van der Waals surface area contributed by atoms with Crippen molar-refractivity contribution in [3.63, 3.8) is 0 Å². The van der Waals surface area contributed by atoms with Crippen molar-refractivity contribution in [3.8, 4) is 11.5 Å². The number of hydrogen-bond donors (Lipinski definition) is 2. The molecular weight excluding hydrogens is 432 g/mol. The summed E-state index contributed by atoms with van der Waals surface area (Å²) in [6.07, 6.45) is 0.527. The van der Waals surface area contributed by atoms with Gasteiger partial charge >= 0.3 is 5.97 Å². The van der Waals surface area contributed by atoms with Gasteiger partial charge in [-0.1, -0.05) is 24.3 Å². The Morgan fingerprint density at radius 2 is 1.38 bits per heavy atom. The first kappa shape index (κ1) is 24.5. The number of anilines is 2. The first-order valence-corrected chi connectivity index (χ1v) is 11.0. The van der Waals surface area contributed by atoms with Gasteiger partial charge in [-0.2, -0.15) is 0 Å². The van der Waals surface area contributed by atoms with Gasteiger partial charge in [0.1, 0.15) is 11.5 Å². The van der Waals surface area contributed by atoms with Gasteiger partial charge < -0.3 is 20.1 Å². The Bertz CT molecular complexity index is 1140. The van der Waals surface area contributed by atoms with Crippen LogP contribution < -0.4 is 15.4 Å². The van der Waals surface area contributed by atoms with Crippen LogP contribution in [0.3, 0.4) is 0 Å². The van der Waals surface area contributed by atoms with Gasteiger partial charge in [-0.3, -0.25) is 14.4 Å².